The summed E-state index contributed by atoms with van der Waals surface area (Å²) in [6.07, 6.45) is -2.93. The summed E-state index contributed by atoms with van der Waals surface area (Å²) in [4.78, 5) is 14.9. The Morgan fingerprint density at radius 2 is 1.92 bits per heavy atom. The summed E-state index contributed by atoms with van der Waals surface area (Å²) in [5.41, 5.74) is 1.26. The van der Waals surface area contributed by atoms with Crippen LogP contribution in [0.25, 0.3) is 0 Å². The highest BCUT2D eigenvalue weighted by Crippen LogP contribution is 2.41. The fraction of sp³-hybridized carbons (Fsp3) is 0.464. The van der Waals surface area contributed by atoms with Crippen LogP contribution in [0.15, 0.2) is 42.7 Å². The van der Waals surface area contributed by atoms with Crippen LogP contribution in [0, 0.1) is 11.3 Å². The molecular formula is C28H32F3N5O2. The number of ether oxygens (including phenoxy) is 1. The van der Waals surface area contributed by atoms with Gasteiger partial charge in [0.05, 0.1) is 31.2 Å². The molecule has 7 nitrogen and oxygen atoms in total. The number of halogens is 3. The quantitative estimate of drug-likeness (QED) is 0.473. The molecule has 2 aromatic carbocycles. The third-order valence-electron chi connectivity index (χ3n) is 7.09. The monoisotopic (exact) mass is 527 g/mol. The van der Waals surface area contributed by atoms with Gasteiger partial charge in [0.2, 0.25) is 0 Å². The average Bonchev–Trinajstić information content (AvgIpc) is 3.37. The van der Waals surface area contributed by atoms with E-state index < -0.39 is 17.6 Å². The highest BCUT2D eigenvalue weighted by Gasteiger charge is 2.41. The van der Waals surface area contributed by atoms with Crippen molar-refractivity contribution in [3.05, 3.63) is 76.4 Å². The molecule has 5 rings (SSSR count). The number of amides is 1. The first-order valence-corrected chi connectivity index (χ1v) is 12.7. The SMILES string of the molecule is Cn1cnnc1C(c1cccc(N2Cc3c(cc(CNCC(C)(C)C)cc3C(F)(F)F)C2=O)c1)C1COC1. The molecule has 0 saturated carbocycles. The van der Waals surface area contributed by atoms with Crippen LogP contribution in [-0.4, -0.2) is 40.4 Å². The Bertz CT molecular complexity index is 1340. The number of aromatic nitrogens is 3. The van der Waals surface area contributed by atoms with Gasteiger partial charge in [-0.15, -0.1) is 10.2 Å². The number of carbonyl (C=O) groups is 1. The lowest BCUT2D eigenvalue weighted by Gasteiger charge is -2.33. The van der Waals surface area contributed by atoms with E-state index in [1.807, 2.05) is 50.6 Å². The fourth-order valence-electron chi connectivity index (χ4n) is 5.15. The Balaban J connectivity index is 1.47. The Morgan fingerprint density at radius 1 is 1.16 bits per heavy atom. The maximum absolute atomic E-state index is 14.1. The summed E-state index contributed by atoms with van der Waals surface area (Å²) in [5, 5.41) is 11.5. The van der Waals surface area contributed by atoms with E-state index in [2.05, 4.69) is 15.5 Å². The van der Waals surface area contributed by atoms with Crippen LogP contribution in [0.4, 0.5) is 18.9 Å². The number of hydrogen-bond acceptors (Lipinski definition) is 5. The molecule has 0 bridgehead atoms. The van der Waals surface area contributed by atoms with E-state index in [4.69, 9.17) is 4.74 Å². The van der Waals surface area contributed by atoms with Gasteiger partial charge in [0.15, 0.2) is 0 Å². The molecule has 2 aliphatic rings. The second-order valence-corrected chi connectivity index (χ2v) is 11.4. The number of benzene rings is 2. The molecule has 3 heterocycles. The average molecular weight is 528 g/mol. The van der Waals surface area contributed by atoms with Crippen LogP contribution in [0.1, 0.15) is 65.1 Å². The maximum atomic E-state index is 14.1. The Hall–Kier alpha value is -3.24. The van der Waals surface area contributed by atoms with Crippen LogP contribution in [0.2, 0.25) is 0 Å². The molecule has 38 heavy (non-hydrogen) atoms. The van der Waals surface area contributed by atoms with E-state index in [1.165, 1.54) is 11.0 Å². The maximum Gasteiger partial charge on any atom is 0.416 e. The predicted octanol–water partition coefficient (Wildman–Crippen LogP) is 4.91. The second-order valence-electron chi connectivity index (χ2n) is 11.4. The number of hydrogen-bond donors (Lipinski definition) is 1. The lowest BCUT2D eigenvalue weighted by molar-refractivity contribution is -0.138. The summed E-state index contributed by atoms with van der Waals surface area (Å²) in [6, 6.07) is 10.2. The number of fused-ring (bicyclic) bond motifs is 1. The van der Waals surface area contributed by atoms with Crippen LogP contribution in [0.5, 0.6) is 0 Å². The number of nitrogens with one attached hydrogen (secondary N) is 1. The van der Waals surface area contributed by atoms with Gasteiger partial charge in [-0.05, 0) is 46.4 Å². The molecule has 0 aliphatic carbocycles. The molecular weight excluding hydrogens is 495 g/mol. The van der Waals surface area contributed by atoms with Crippen LogP contribution >= 0.6 is 0 Å². The van der Waals surface area contributed by atoms with Crippen molar-refractivity contribution in [1.29, 1.82) is 0 Å². The summed E-state index contributed by atoms with van der Waals surface area (Å²) in [6.45, 7) is 8.05. The molecule has 1 saturated heterocycles. The summed E-state index contributed by atoms with van der Waals surface area (Å²) in [7, 11) is 1.87. The molecule has 1 fully saturated rings. The Labute approximate surface area is 220 Å². The van der Waals surface area contributed by atoms with E-state index in [1.54, 1.807) is 18.5 Å². The molecule has 1 amide bonds. The third kappa shape index (κ3) is 5.19. The molecule has 0 radical (unpaired) electrons. The normalized spacial score (nSPS) is 17.0. The summed E-state index contributed by atoms with van der Waals surface area (Å²) < 4.78 is 49.6. The van der Waals surface area contributed by atoms with Crippen molar-refractivity contribution in [3.8, 4) is 0 Å². The number of nitrogens with zero attached hydrogens (tertiary/aromatic N) is 4. The largest absolute Gasteiger partial charge is 0.416 e. The third-order valence-corrected chi connectivity index (χ3v) is 7.09. The van der Waals surface area contributed by atoms with Crippen molar-refractivity contribution in [1.82, 2.24) is 20.1 Å². The molecule has 202 valence electrons. The van der Waals surface area contributed by atoms with Crippen molar-refractivity contribution >= 4 is 11.6 Å². The molecule has 0 spiro atoms. The van der Waals surface area contributed by atoms with Gasteiger partial charge >= 0.3 is 6.18 Å². The molecule has 3 aromatic rings. The van der Waals surface area contributed by atoms with Gasteiger partial charge in [0.25, 0.3) is 5.91 Å². The summed E-state index contributed by atoms with van der Waals surface area (Å²) in [5.74, 6) is 0.433. The minimum absolute atomic E-state index is 0.0182. The highest BCUT2D eigenvalue weighted by molar-refractivity contribution is 6.10. The zero-order valence-electron chi connectivity index (χ0n) is 22.0. The van der Waals surface area contributed by atoms with Crippen molar-refractivity contribution in [3.63, 3.8) is 0 Å². The summed E-state index contributed by atoms with van der Waals surface area (Å²) >= 11 is 0. The molecule has 10 heteroatoms. The van der Waals surface area contributed by atoms with Gasteiger partial charge in [0, 0.05) is 37.3 Å². The van der Waals surface area contributed by atoms with Gasteiger partial charge in [-0.2, -0.15) is 13.2 Å². The van der Waals surface area contributed by atoms with E-state index in [-0.39, 0.29) is 41.5 Å². The molecule has 1 N–H and O–H groups in total. The van der Waals surface area contributed by atoms with Crippen LogP contribution < -0.4 is 10.2 Å². The Morgan fingerprint density at radius 3 is 2.53 bits per heavy atom. The first-order valence-electron chi connectivity index (χ1n) is 12.7. The fourth-order valence-corrected chi connectivity index (χ4v) is 5.15. The van der Waals surface area contributed by atoms with Gasteiger partial charge < -0.3 is 19.5 Å². The smallest absolute Gasteiger partial charge is 0.381 e. The molecule has 1 unspecified atom stereocenters. The van der Waals surface area contributed by atoms with E-state index >= 15 is 0 Å². The number of carbonyl (C=O) groups excluding carboxylic acids is 1. The molecule has 2 aliphatic heterocycles. The molecule has 1 aromatic heterocycles. The number of rotatable bonds is 7. The number of alkyl halides is 3. The van der Waals surface area contributed by atoms with Gasteiger partial charge in [-0.25, -0.2) is 0 Å². The van der Waals surface area contributed by atoms with Crippen LogP contribution in [-0.2, 0) is 31.1 Å². The van der Waals surface area contributed by atoms with Crippen molar-refractivity contribution in [2.24, 2.45) is 18.4 Å². The van der Waals surface area contributed by atoms with Crippen molar-refractivity contribution in [2.75, 3.05) is 24.7 Å². The zero-order chi connectivity index (χ0) is 27.2. The van der Waals surface area contributed by atoms with Gasteiger partial charge in [0.1, 0.15) is 12.2 Å². The minimum atomic E-state index is -4.57. The number of anilines is 1. The molecule has 1 atom stereocenters. The van der Waals surface area contributed by atoms with Crippen molar-refractivity contribution in [2.45, 2.75) is 46.0 Å². The lowest BCUT2D eigenvalue weighted by atomic mass is 9.83. The lowest BCUT2D eigenvalue weighted by Crippen LogP contribution is -2.35. The van der Waals surface area contributed by atoms with Gasteiger partial charge in [-0.1, -0.05) is 32.9 Å². The van der Waals surface area contributed by atoms with E-state index in [9.17, 15) is 18.0 Å². The first kappa shape index (κ1) is 26.4. The first-order chi connectivity index (χ1) is 17.9. The Kier molecular flexibility index (Phi) is 6.81. The predicted molar refractivity (Wildman–Crippen MR) is 137 cm³/mol. The zero-order valence-corrected chi connectivity index (χ0v) is 22.0. The topological polar surface area (TPSA) is 72.3 Å². The second kappa shape index (κ2) is 9.81. The minimum Gasteiger partial charge on any atom is -0.381 e. The standard InChI is InChI=1S/C28H32F3N5O2/c1-27(2,3)15-32-11-17-8-21-22(23(9-17)28(29,30)31)12-36(26(21)37)20-7-5-6-18(10-20)24(19-13-38-14-19)25-34-33-16-35(25)4/h5-10,16,19,24,32H,11-15H2,1-4H3. The van der Waals surface area contributed by atoms with E-state index in [0.717, 1.165) is 11.4 Å². The van der Waals surface area contributed by atoms with Gasteiger partial charge in [-0.3, -0.25) is 4.79 Å². The van der Waals surface area contributed by atoms with E-state index in [0.29, 0.717) is 31.0 Å². The number of aryl methyl sites for hydroxylation is 1. The highest BCUT2D eigenvalue weighted by atomic mass is 19.4. The van der Waals surface area contributed by atoms with Crippen molar-refractivity contribution < 1.29 is 22.7 Å². The van der Waals surface area contributed by atoms with Crippen LogP contribution in [0.3, 0.4) is 0 Å².